The minimum atomic E-state index is -0.552. The Kier molecular flexibility index (Phi) is 9.00. The largest absolute Gasteiger partial charge is 0.482 e. The van der Waals surface area contributed by atoms with Crippen LogP contribution in [0.2, 0.25) is 5.02 Å². The summed E-state index contributed by atoms with van der Waals surface area (Å²) in [6.45, 7) is 5.97. The number of hydrogen-bond donors (Lipinski definition) is 1. The van der Waals surface area contributed by atoms with Gasteiger partial charge in [-0.25, -0.2) is 0 Å². The van der Waals surface area contributed by atoms with Crippen LogP contribution in [0.5, 0.6) is 5.75 Å². The Labute approximate surface area is 178 Å². The van der Waals surface area contributed by atoms with Gasteiger partial charge in [0.15, 0.2) is 6.61 Å². The molecule has 2 aromatic rings. The third kappa shape index (κ3) is 7.09. The fourth-order valence-corrected chi connectivity index (χ4v) is 3.25. The lowest BCUT2D eigenvalue weighted by atomic mass is 10.1. The third-order valence-corrected chi connectivity index (χ3v) is 4.80. The van der Waals surface area contributed by atoms with Gasteiger partial charge < -0.3 is 15.0 Å². The molecule has 0 radical (unpaired) electrons. The first-order valence-corrected chi connectivity index (χ1v) is 10.3. The van der Waals surface area contributed by atoms with E-state index in [1.165, 1.54) is 0 Å². The van der Waals surface area contributed by atoms with Gasteiger partial charge in [-0.3, -0.25) is 9.59 Å². The second kappa shape index (κ2) is 11.5. The number of nitrogens with one attached hydrogen (secondary N) is 1. The molecular weight excluding hydrogens is 388 g/mol. The van der Waals surface area contributed by atoms with Gasteiger partial charge in [0, 0.05) is 12.6 Å². The maximum absolute atomic E-state index is 13.0. The molecule has 0 aliphatic heterocycles. The smallest absolute Gasteiger partial charge is 0.261 e. The lowest BCUT2D eigenvalue weighted by Gasteiger charge is -2.31. The first-order valence-electron chi connectivity index (χ1n) is 9.93. The highest BCUT2D eigenvalue weighted by molar-refractivity contribution is 6.32. The Bertz CT molecular complexity index is 796. The van der Waals surface area contributed by atoms with Crippen LogP contribution in [-0.2, 0) is 16.0 Å². The average molecular weight is 417 g/mol. The summed E-state index contributed by atoms with van der Waals surface area (Å²) in [5, 5.41) is 3.36. The Morgan fingerprint density at radius 3 is 2.34 bits per heavy atom. The van der Waals surface area contributed by atoms with E-state index in [-0.39, 0.29) is 24.5 Å². The van der Waals surface area contributed by atoms with E-state index >= 15 is 0 Å². The van der Waals surface area contributed by atoms with E-state index in [1.807, 2.05) is 51.1 Å². The van der Waals surface area contributed by atoms with E-state index in [9.17, 15) is 9.59 Å². The van der Waals surface area contributed by atoms with Crippen LogP contribution in [0.3, 0.4) is 0 Å². The first-order chi connectivity index (χ1) is 13.9. The fraction of sp³-hybridized carbons (Fsp3) is 0.391. The van der Waals surface area contributed by atoms with Crippen LogP contribution in [0.4, 0.5) is 0 Å². The lowest BCUT2D eigenvalue weighted by molar-refractivity contribution is -0.142. The standard InChI is InChI=1S/C23H29ClN2O3/c1-4-20(23(28)25-17(2)3)26(15-14-18-10-6-5-7-11-18)22(27)16-29-21-13-9-8-12-19(21)24/h5-13,17,20H,4,14-16H2,1-3H3,(H,25,28)/t20-/m0/s1. The van der Waals surface area contributed by atoms with Crippen molar-refractivity contribution in [1.82, 2.24) is 10.2 Å². The van der Waals surface area contributed by atoms with Gasteiger partial charge in [-0.2, -0.15) is 0 Å². The van der Waals surface area contributed by atoms with Gasteiger partial charge in [0.1, 0.15) is 11.8 Å². The van der Waals surface area contributed by atoms with Crippen molar-refractivity contribution in [3.05, 3.63) is 65.2 Å². The molecule has 0 fully saturated rings. The number of halogens is 1. The zero-order valence-corrected chi connectivity index (χ0v) is 18.0. The van der Waals surface area contributed by atoms with Crippen molar-refractivity contribution in [3.8, 4) is 5.75 Å². The Morgan fingerprint density at radius 1 is 1.07 bits per heavy atom. The van der Waals surface area contributed by atoms with Gasteiger partial charge in [-0.05, 0) is 44.4 Å². The summed E-state index contributed by atoms with van der Waals surface area (Å²) < 4.78 is 5.63. The third-order valence-electron chi connectivity index (χ3n) is 4.49. The fourth-order valence-electron chi connectivity index (χ4n) is 3.06. The minimum absolute atomic E-state index is 0.00185. The molecule has 1 N–H and O–H groups in total. The summed E-state index contributed by atoms with van der Waals surface area (Å²) in [7, 11) is 0. The number of rotatable bonds is 10. The van der Waals surface area contributed by atoms with Gasteiger partial charge in [0.2, 0.25) is 5.91 Å². The summed E-state index contributed by atoms with van der Waals surface area (Å²) >= 11 is 6.11. The second-order valence-electron chi connectivity index (χ2n) is 7.13. The quantitative estimate of drug-likeness (QED) is 0.634. The molecule has 5 nitrogen and oxygen atoms in total. The molecule has 0 spiro atoms. The molecule has 1 atom stereocenters. The summed E-state index contributed by atoms with van der Waals surface area (Å²) in [4.78, 5) is 27.3. The number of benzene rings is 2. The topological polar surface area (TPSA) is 58.6 Å². The number of para-hydroxylation sites is 1. The van der Waals surface area contributed by atoms with Crippen LogP contribution in [-0.4, -0.2) is 41.9 Å². The van der Waals surface area contributed by atoms with Crippen molar-refractivity contribution < 1.29 is 14.3 Å². The summed E-state index contributed by atoms with van der Waals surface area (Å²) in [6, 6.07) is 16.4. The van der Waals surface area contributed by atoms with Gasteiger partial charge >= 0.3 is 0 Å². The molecule has 2 rings (SSSR count). The number of hydrogen-bond acceptors (Lipinski definition) is 3. The lowest BCUT2D eigenvalue weighted by Crippen LogP contribution is -2.52. The Balaban J connectivity index is 2.13. The van der Waals surface area contributed by atoms with E-state index in [0.29, 0.717) is 30.2 Å². The number of nitrogens with zero attached hydrogens (tertiary/aromatic N) is 1. The predicted molar refractivity (Wildman–Crippen MR) is 116 cm³/mol. The predicted octanol–water partition coefficient (Wildman–Crippen LogP) is 4.09. The van der Waals surface area contributed by atoms with Gasteiger partial charge in [-0.1, -0.05) is 61.0 Å². The molecule has 2 amide bonds. The molecule has 6 heteroatoms. The molecule has 2 aromatic carbocycles. The van der Waals surface area contributed by atoms with Crippen molar-refractivity contribution >= 4 is 23.4 Å². The number of carbonyl (C=O) groups is 2. The van der Waals surface area contributed by atoms with E-state index in [1.54, 1.807) is 29.2 Å². The van der Waals surface area contributed by atoms with E-state index < -0.39 is 6.04 Å². The van der Waals surface area contributed by atoms with Crippen LogP contribution in [0.25, 0.3) is 0 Å². The number of amides is 2. The van der Waals surface area contributed by atoms with Crippen molar-refractivity contribution in [3.63, 3.8) is 0 Å². The monoisotopic (exact) mass is 416 g/mol. The first kappa shape index (κ1) is 22.8. The molecular formula is C23H29ClN2O3. The van der Waals surface area contributed by atoms with Crippen LogP contribution in [0.1, 0.15) is 32.8 Å². The second-order valence-corrected chi connectivity index (χ2v) is 7.54. The van der Waals surface area contributed by atoms with Gasteiger partial charge in [0.25, 0.3) is 5.91 Å². The van der Waals surface area contributed by atoms with Crippen LogP contribution < -0.4 is 10.1 Å². The van der Waals surface area contributed by atoms with Crippen LogP contribution in [0, 0.1) is 0 Å². The highest BCUT2D eigenvalue weighted by atomic mass is 35.5. The Morgan fingerprint density at radius 2 is 1.72 bits per heavy atom. The molecule has 0 heterocycles. The normalized spacial score (nSPS) is 11.8. The van der Waals surface area contributed by atoms with Gasteiger partial charge in [-0.15, -0.1) is 0 Å². The average Bonchev–Trinajstić information content (AvgIpc) is 2.70. The maximum Gasteiger partial charge on any atom is 0.261 e. The summed E-state index contributed by atoms with van der Waals surface area (Å²) in [5.41, 5.74) is 1.11. The van der Waals surface area contributed by atoms with Crippen molar-refractivity contribution in [1.29, 1.82) is 0 Å². The van der Waals surface area contributed by atoms with E-state index in [0.717, 1.165) is 5.56 Å². The van der Waals surface area contributed by atoms with E-state index in [4.69, 9.17) is 16.3 Å². The Hall–Kier alpha value is -2.53. The number of ether oxygens (including phenoxy) is 1. The maximum atomic E-state index is 13.0. The number of carbonyl (C=O) groups excluding carboxylic acids is 2. The highest BCUT2D eigenvalue weighted by Gasteiger charge is 2.29. The minimum Gasteiger partial charge on any atom is -0.482 e. The molecule has 0 aromatic heterocycles. The SMILES string of the molecule is CC[C@@H](C(=O)NC(C)C)N(CCc1ccccc1)C(=O)COc1ccccc1Cl. The zero-order valence-electron chi connectivity index (χ0n) is 17.2. The van der Waals surface area contributed by atoms with Gasteiger partial charge in [0.05, 0.1) is 5.02 Å². The molecule has 0 bridgehead atoms. The summed E-state index contributed by atoms with van der Waals surface area (Å²) in [5.74, 6) is 0.0541. The van der Waals surface area contributed by atoms with E-state index in [2.05, 4.69) is 5.32 Å². The van der Waals surface area contributed by atoms with Crippen molar-refractivity contribution in [2.45, 2.75) is 45.7 Å². The van der Waals surface area contributed by atoms with Crippen LogP contribution in [0.15, 0.2) is 54.6 Å². The highest BCUT2D eigenvalue weighted by Crippen LogP contribution is 2.23. The van der Waals surface area contributed by atoms with Crippen molar-refractivity contribution in [2.75, 3.05) is 13.2 Å². The molecule has 0 saturated carbocycles. The molecule has 0 saturated heterocycles. The molecule has 0 unspecified atom stereocenters. The summed E-state index contributed by atoms with van der Waals surface area (Å²) in [6.07, 6.45) is 1.18. The van der Waals surface area contributed by atoms with Crippen LogP contribution >= 0.6 is 11.6 Å². The zero-order chi connectivity index (χ0) is 21.2. The molecule has 0 aliphatic rings. The van der Waals surface area contributed by atoms with Crippen molar-refractivity contribution in [2.24, 2.45) is 0 Å². The molecule has 29 heavy (non-hydrogen) atoms. The molecule has 156 valence electrons. The molecule has 0 aliphatic carbocycles.